The third-order valence-corrected chi connectivity index (χ3v) is 5.08. The van der Waals surface area contributed by atoms with Crippen LogP contribution < -0.4 is 10.0 Å². The number of nitrogens with one attached hydrogen (secondary N) is 2. The molecule has 2 aromatic rings. The van der Waals surface area contributed by atoms with Crippen molar-refractivity contribution in [3.63, 3.8) is 0 Å². The molecule has 0 saturated carbocycles. The summed E-state index contributed by atoms with van der Waals surface area (Å²) in [5.74, 6) is -0.240. The molecular formula is C17H19ClN2O3S. The fraction of sp³-hybridized carbons (Fsp3) is 0.235. The van der Waals surface area contributed by atoms with E-state index in [0.717, 1.165) is 5.56 Å². The number of rotatable bonds is 6. The summed E-state index contributed by atoms with van der Waals surface area (Å²) in [6.45, 7) is 3.44. The molecule has 0 aromatic heterocycles. The summed E-state index contributed by atoms with van der Waals surface area (Å²) in [6.07, 6.45) is 0. The van der Waals surface area contributed by atoms with Gasteiger partial charge in [0.05, 0.1) is 11.8 Å². The number of carbonyl (C=O) groups excluding carboxylic acids is 1. The molecule has 1 amide bonds. The van der Waals surface area contributed by atoms with Crippen LogP contribution >= 0.6 is 11.6 Å². The molecular weight excluding hydrogens is 348 g/mol. The molecule has 2 aromatic carbocycles. The van der Waals surface area contributed by atoms with Gasteiger partial charge in [-0.05, 0) is 55.8 Å². The minimum absolute atomic E-state index is 0.00611. The molecule has 2 N–H and O–H groups in total. The molecule has 0 bridgehead atoms. The molecule has 5 nitrogen and oxygen atoms in total. The highest BCUT2D eigenvalue weighted by molar-refractivity contribution is 7.92. The normalized spacial score (nSPS) is 12.5. The summed E-state index contributed by atoms with van der Waals surface area (Å²) in [5.41, 5.74) is 1.83. The summed E-state index contributed by atoms with van der Waals surface area (Å²) < 4.78 is 25.5. The maximum Gasteiger partial charge on any atom is 0.251 e. The van der Waals surface area contributed by atoms with E-state index in [1.54, 1.807) is 43.3 Å². The van der Waals surface area contributed by atoms with Gasteiger partial charge in [-0.1, -0.05) is 23.7 Å². The Bertz CT molecular complexity index is 803. The molecule has 7 heteroatoms. The molecule has 0 spiro atoms. The number of anilines is 1. The van der Waals surface area contributed by atoms with Crippen LogP contribution in [0.5, 0.6) is 0 Å². The van der Waals surface area contributed by atoms with Crippen LogP contribution in [0.25, 0.3) is 0 Å². The highest BCUT2D eigenvalue weighted by Crippen LogP contribution is 2.17. The lowest BCUT2D eigenvalue weighted by molar-refractivity contribution is 0.0940. The number of carbonyl (C=O) groups is 1. The number of amides is 1. The van der Waals surface area contributed by atoms with E-state index in [0.29, 0.717) is 16.3 Å². The summed E-state index contributed by atoms with van der Waals surface area (Å²) in [5, 5.41) is 3.53. The standard InChI is InChI=1S/C17H19ClN2O3S/c1-3-24(22,23)20-16-10-6-14(7-11-16)17(21)19-12(2)13-4-8-15(18)9-5-13/h4-12,20H,3H2,1-2H3,(H,19,21)/t12-/m1/s1. The second-order valence-corrected chi connectivity index (χ2v) is 7.78. The van der Waals surface area contributed by atoms with Crippen molar-refractivity contribution in [1.82, 2.24) is 5.32 Å². The maximum atomic E-state index is 12.3. The number of hydrogen-bond acceptors (Lipinski definition) is 3. The molecule has 0 aliphatic carbocycles. The SMILES string of the molecule is CCS(=O)(=O)Nc1ccc(C(=O)N[C@H](C)c2ccc(Cl)cc2)cc1. The number of sulfonamides is 1. The van der Waals surface area contributed by atoms with Crippen molar-refractivity contribution >= 4 is 33.2 Å². The van der Waals surface area contributed by atoms with Crippen molar-refractivity contribution in [2.75, 3.05) is 10.5 Å². The van der Waals surface area contributed by atoms with Crippen LogP contribution in [0.4, 0.5) is 5.69 Å². The molecule has 24 heavy (non-hydrogen) atoms. The van der Waals surface area contributed by atoms with Crippen LogP contribution in [0.2, 0.25) is 5.02 Å². The van der Waals surface area contributed by atoms with Gasteiger partial charge in [-0.25, -0.2) is 8.42 Å². The van der Waals surface area contributed by atoms with E-state index < -0.39 is 10.0 Å². The first-order valence-electron chi connectivity index (χ1n) is 7.47. The summed E-state index contributed by atoms with van der Waals surface area (Å²) >= 11 is 5.85. The predicted octanol–water partition coefficient (Wildman–Crippen LogP) is 3.59. The van der Waals surface area contributed by atoms with Gasteiger partial charge in [-0.15, -0.1) is 0 Å². The average molecular weight is 367 g/mol. The number of benzene rings is 2. The summed E-state index contributed by atoms with van der Waals surface area (Å²) in [4.78, 5) is 12.3. The second kappa shape index (κ2) is 7.68. The first-order chi connectivity index (χ1) is 11.3. The van der Waals surface area contributed by atoms with Crippen molar-refractivity contribution in [2.24, 2.45) is 0 Å². The Hall–Kier alpha value is -2.05. The first-order valence-corrected chi connectivity index (χ1v) is 9.50. The Morgan fingerprint density at radius 3 is 2.21 bits per heavy atom. The lowest BCUT2D eigenvalue weighted by Crippen LogP contribution is -2.26. The van der Waals surface area contributed by atoms with Crippen LogP contribution in [-0.4, -0.2) is 20.1 Å². The largest absolute Gasteiger partial charge is 0.346 e. The van der Waals surface area contributed by atoms with E-state index in [4.69, 9.17) is 11.6 Å². The quantitative estimate of drug-likeness (QED) is 0.820. The third kappa shape index (κ3) is 4.97. The van der Waals surface area contributed by atoms with Gasteiger partial charge in [-0.3, -0.25) is 9.52 Å². The van der Waals surface area contributed by atoms with Gasteiger partial charge >= 0.3 is 0 Å². The minimum Gasteiger partial charge on any atom is -0.346 e. The van der Waals surface area contributed by atoms with Gasteiger partial charge in [0.25, 0.3) is 5.91 Å². The maximum absolute atomic E-state index is 12.3. The smallest absolute Gasteiger partial charge is 0.251 e. The fourth-order valence-electron chi connectivity index (χ4n) is 2.06. The van der Waals surface area contributed by atoms with Crippen molar-refractivity contribution in [2.45, 2.75) is 19.9 Å². The molecule has 0 fully saturated rings. The van der Waals surface area contributed by atoms with Crippen molar-refractivity contribution < 1.29 is 13.2 Å². The predicted molar refractivity (Wildman–Crippen MR) is 96.9 cm³/mol. The van der Waals surface area contributed by atoms with Crippen LogP contribution in [0, 0.1) is 0 Å². The second-order valence-electron chi connectivity index (χ2n) is 5.33. The fourth-order valence-corrected chi connectivity index (χ4v) is 2.82. The zero-order valence-corrected chi connectivity index (χ0v) is 15.0. The molecule has 0 unspecified atom stereocenters. The number of hydrogen-bond donors (Lipinski definition) is 2. The van der Waals surface area contributed by atoms with Crippen LogP contribution in [0.15, 0.2) is 48.5 Å². The molecule has 0 saturated heterocycles. The van der Waals surface area contributed by atoms with Gasteiger partial charge in [0.1, 0.15) is 0 Å². The van der Waals surface area contributed by atoms with E-state index in [2.05, 4.69) is 10.0 Å². The molecule has 0 radical (unpaired) electrons. The van der Waals surface area contributed by atoms with E-state index >= 15 is 0 Å². The van der Waals surface area contributed by atoms with E-state index in [9.17, 15) is 13.2 Å². The highest BCUT2D eigenvalue weighted by Gasteiger charge is 2.12. The lowest BCUT2D eigenvalue weighted by atomic mass is 10.1. The van der Waals surface area contributed by atoms with Crippen LogP contribution in [-0.2, 0) is 10.0 Å². The minimum atomic E-state index is -3.33. The monoisotopic (exact) mass is 366 g/mol. The molecule has 0 heterocycles. The Balaban J connectivity index is 2.03. The van der Waals surface area contributed by atoms with E-state index in [-0.39, 0.29) is 17.7 Å². The zero-order valence-electron chi connectivity index (χ0n) is 13.4. The Morgan fingerprint density at radius 1 is 1.08 bits per heavy atom. The Kier molecular flexibility index (Phi) is 5.85. The molecule has 0 aliphatic rings. The van der Waals surface area contributed by atoms with Crippen LogP contribution in [0.1, 0.15) is 35.8 Å². The van der Waals surface area contributed by atoms with Gasteiger partial charge in [-0.2, -0.15) is 0 Å². The molecule has 2 rings (SSSR count). The topological polar surface area (TPSA) is 75.3 Å². The van der Waals surface area contributed by atoms with Crippen molar-refractivity contribution in [3.8, 4) is 0 Å². The van der Waals surface area contributed by atoms with Gasteiger partial charge in [0, 0.05) is 16.3 Å². The Morgan fingerprint density at radius 2 is 1.67 bits per heavy atom. The van der Waals surface area contributed by atoms with Gasteiger partial charge < -0.3 is 5.32 Å². The summed E-state index contributed by atoms with van der Waals surface area (Å²) in [7, 11) is -3.33. The van der Waals surface area contributed by atoms with Crippen molar-refractivity contribution in [1.29, 1.82) is 0 Å². The molecule has 1 atom stereocenters. The van der Waals surface area contributed by atoms with E-state index in [1.165, 1.54) is 0 Å². The number of halogens is 1. The zero-order chi connectivity index (χ0) is 17.7. The van der Waals surface area contributed by atoms with E-state index in [1.807, 2.05) is 19.1 Å². The van der Waals surface area contributed by atoms with Crippen molar-refractivity contribution in [3.05, 3.63) is 64.7 Å². The third-order valence-electron chi connectivity index (χ3n) is 3.52. The average Bonchev–Trinajstić information content (AvgIpc) is 2.55. The van der Waals surface area contributed by atoms with Gasteiger partial charge in [0.15, 0.2) is 0 Å². The lowest BCUT2D eigenvalue weighted by Gasteiger charge is -2.15. The van der Waals surface area contributed by atoms with Gasteiger partial charge in [0.2, 0.25) is 10.0 Å². The summed E-state index contributed by atoms with van der Waals surface area (Å²) in [6, 6.07) is 13.4. The molecule has 128 valence electrons. The van der Waals surface area contributed by atoms with Crippen LogP contribution in [0.3, 0.4) is 0 Å². The first kappa shape index (κ1) is 18.3. The highest BCUT2D eigenvalue weighted by atomic mass is 35.5. The molecule has 0 aliphatic heterocycles. The Labute approximate surface area is 147 Å².